The summed E-state index contributed by atoms with van der Waals surface area (Å²) in [5.74, 6) is 0.453. The fourth-order valence-corrected chi connectivity index (χ4v) is 4.26. The molecule has 0 radical (unpaired) electrons. The Balaban J connectivity index is 1.51. The van der Waals surface area contributed by atoms with Gasteiger partial charge in [0.15, 0.2) is 0 Å². The first-order valence-electron chi connectivity index (χ1n) is 10.4. The van der Waals surface area contributed by atoms with Crippen LogP contribution in [-0.2, 0) is 11.2 Å². The molecular weight excluding hydrogens is 416 g/mol. The van der Waals surface area contributed by atoms with E-state index in [1.807, 2.05) is 31.2 Å². The van der Waals surface area contributed by atoms with Gasteiger partial charge in [-0.2, -0.15) is 0 Å². The van der Waals surface area contributed by atoms with E-state index in [-0.39, 0.29) is 12.3 Å². The summed E-state index contributed by atoms with van der Waals surface area (Å²) in [4.78, 5) is 27.5. The van der Waals surface area contributed by atoms with Crippen molar-refractivity contribution in [1.29, 1.82) is 0 Å². The molecule has 1 fully saturated rings. The lowest BCUT2D eigenvalue weighted by Crippen LogP contribution is -2.21. The number of amides is 1. The van der Waals surface area contributed by atoms with E-state index in [4.69, 9.17) is 20.8 Å². The molecule has 1 aromatic heterocycles. The number of fused-ring (bicyclic) bond motifs is 1. The van der Waals surface area contributed by atoms with Gasteiger partial charge in [-0.05, 0) is 62.1 Å². The molecule has 3 aromatic rings. The summed E-state index contributed by atoms with van der Waals surface area (Å²) in [6, 6.07) is 10.9. The highest BCUT2D eigenvalue weighted by Gasteiger charge is 2.18. The van der Waals surface area contributed by atoms with Gasteiger partial charge in [0.25, 0.3) is 0 Å². The van der Waals surface area contributed by atoms with Gasteiger partial charge >= 0.3 is 5.63 Å². The molecule has 1 amide bonds. The standard InChI is InChI=1S/C24H25ClN2O4/c1-15-18-7-6-17(30-2)14-22(18)31-24(29)19(15)8-10-23(28)26-20-13-16(25)5-9-21(20)27-11-3-4-12-27/h5-7,9,13-14H,3-4,8,10-12H2,1-2H3,(H,26,28). The largest absolute Gasteiger partial charge is 0.497 e. The lowest BCUT2D eigenvalue weighted by Gasteiger charge is -2.22. The third-order valence-corrected chi connectivity index (χ3v) is 6.01. The molecule has 1 aliphatic rings. The molecule has 6 nitrogen and oxygen atoms in total. The Morgan fingerprint density at radius 1 is 1.19 bits per heavy atom. The average molecular weight is 441 g/mol. The van der Waals surface area contributed by atoms with Crippen LogP contribution in [0.4, 0.5) is 11.4 Å². The number of ether oxygens (including phenoxy) is 1. The zero-order valence-corrected chi connectivity index (χ0v) is 18.4. The quantitative estimate of drug-likeness (QED) is 0.550. The number of halogens is 1. The van der Waals surface area contributed by atoms with E-state index in [0.29, 0.717) is 34.0 Å². The smallest absolute Gasteiger partial charge is 0.339 e. The highest BCUT2D eigenvalue weighted by Crippen LogP contribution is 2.32. The van der Waals surface area contributed by atoms with Gasteiger partial charge < -0.3 is 19.4 Å². The first-order valence-corrected chi connectivity index (χ1v) is 10.8. The Morgan fingerprint density at radius 3 is 2.71 bits per heavy atom. The summed E-state index contributed by atoms with van der Waals surface area (Å²) >= 11 is 6.17. The van der Waals surface area contributed by atoms with Crippen LogP contribution in [0.2, 0.25) is 5.02 Å². The SMILES string of the molecule is COc1ccc2c(C)c(CCC(=O)Nc3cc(Cl)ccc3N3CCCC3)c(=O)oc2c1. The first-order chi connectivity index (χ1) is 15.0. The Bertz CT molecular complexity index is 1180. The molecule has 0 saturated carbocycles. The summed E-state index contributed by atoms with van der Waals surface area (Å²) in [7, 11) is 1.56. The number of nitrogens with one attached hydrogen (secondary N) is 1. The zero-order chi connectivity index (χ0) is 22.0. The fraction of sp³-hybridized carbons (Fsp3) is 0.333. The third-order valence-electron chi connectivity index (χ3n) is 5.78. The minimum atomic E-state index is -0.424. The van der Waals surface area contributed by atoms with Crippen LogP contribution >= 0.6 is 11.6 Å². The predicted molar refractivity (Wildman–Crippen MR) is 124 cm³/mol. The fourth-order valence-electron chi connectivity index (χ4n) is 4.08. The summed E-state index contributed by atoms with van der Waals surface area (Å²) in [5.41, 5.74) is 3.07. The van der Waals surface area contributed by atoms with Crippen LogP contribution < -0.4 is 20.6 Å². The number of methoxy groups -OCH3 is 1. The van der Waals surface area contributed by atoms with E-state index >= 15 is 0 Å². The van der Waals surface area contributed by atoms with Gasteiger partial charge in [0.1, 0.15) is 11.3 Å². The molecule has 1 aliphatic heterocycles. The average Bonchev–Trinajstić information content (AvgIpc) is 3.28. The molecule has 0 spiro atoms. The highest BCUT2D eigenvalue weighted by atomic mass is 35.5. The molecule has 0 unspecified atom stereocenters. The number of benzene rings is 2. The number of nitrogens with zero attached hydrogens (tertiary/aromatic N) is 1. The van der Waals surface area contributed by atoms with Gasteiger partial charge in [-0.1, -0.05) is 11.6 Å². The lowest BCUT2D eigenvalue weighted by molar-refractivity contribution is -0.116. The van der Waals surface area contributed by atoms with Crippen LogP contribution in [0.5, 0.6) is 5.75 Å². The molecular formula is C24H25ClN2O4. The highest BCUT2D eigenvalue weighted by molar-refractivity contribution is 6.31. The van der Waals surface area contributed by atoms with E-state index in [2.05, 4.69) is 10.2 Å². The van der Waals surface area contributed by atoms with Crippen molar-refractivity contribution in [2.45, 2.75) is 32.6 Å². The normalized spacial score (nSPS) is 13.6. The second-order valence-electron chi connectivity index (χ2n) is 7.76. The lowest BCUT2D eigenvalue weighted by atomic mass is 10.0. The van der Waals surface area contributed by atoms with E-state index in [1.165, 1.54) is 0 Å². The summed E-state index contributed by atoms with van der Waals surface area (Å²) < 4.78 is 10.7. The Labute approximate surface area is 185 Å². The molecule has 162 valence electrons. The molecule has 0 atom stereocenters. The minimum absolute atomic E-state index is 0.166. The van der Waals surface area contributed by atoms with E-state index < -0.39 is 5.63 Å². The Kier molecular flexibility index (Phi) is 6.18. The number of carbonyl (C=O) groups is 1. The number of anilines is 2. The van der Waals surface area contributed by atoms with Crippen molar-refractivity contribution in [2.75, 3.05) is 30.4 Å². The van der Waals surface area contributed by atoms with Crippen LogP contribution in [0, 0.1) is 6.92 Å². The number of hydrogen-bond acceptors (Lipinski definition) is 5. The van der Waals surface area contributed by atoms with Crippen LogP contribution in [-0.4, -0.2) is 26.1 Å². The maximum absolute atomic E-state index is 12.7. The van der Waals surface area contributed by atoms with E-state index in [1.54, 1.807) is 19.2 Å². The van der Waals surface area contributed by atoms with Gasteiger partial charge in [0, 0.05) is 41.5 Å². The molecule has 31 heavy (non-hydrogen) atoms. The number of hydrogen-bond donors (Lipinski definition) is 1. The van der Waals surface area contributed by atoms with Crippen LogP contribution in [0.25, 0.3) is 11.0 Å². The summed E-state index contributed by atoms with van der Waals surface area (Å²) in [5, 5.41) is 4.38. The second kappa shape index (κ2) is 9.02. The molecule has 2 aromatic carbocycles. The minimum Gasteiger partial charge on any atom is -0.497 e. The molecule has 0 bridgehead atoms. The van der Waals surface area contributed by atoms with Crippen molar-refractivity contribution in [2.24, 2.45) is 0 Å². The van der Waals surface area contributed by atoms with Gasteiger partial charge in [-0.25, -0.2) is 4.79 Å². The van der Waals surface area contributed by atoms with Crippen molar-refractivity contribution in [1.82, 2.24) is 0 Å². The molecule has 0 aliphatic carbocycles. The van der Waals surface area contributed by atoms with E-state index in [9.17, 15) is 9.59 Å². The second-order valence-corrected chi connectivity index (χ2v) is 8.20. The molecule has 1 N–H and O–H groups in total. The topological polar surface area (TPSA) is 71.8 Å². The van der Waals surface area contributed by atoms with Crippen molar-refractivity contribution in [3.8, 4) is 5.75 Å². The van der Waals surface area contributed by atoms with Crippen molar-refractivity contribution < 1.29 is 13.9 Å². The van der Waals surface area contributed by atoms with Crippen LogP contribution in [0.15, 0.2) is 45.6 Å². The molecule has 7 heteroatoms. The summed E-state index contributed by atoms with van der Waals surface area (Å²) in [6.07, 6.45) is 2.73. The van der Waals surface area contributed by atoms with Gasteiger partial charge in [0.05, 0.1) is 18.5 Å². The maximum Gasteiger partial charge on any atom is 0.339 e. The zero-order valence-electron chi connectivity index (χ0n) is 17.7. The third kappa shape index (κ3) is 4.54. The van der Waals surface area contributed by atoms with Crippen molar-refractivity contribution >= 4 is 39.9 Å². The van der Waals surface area contributed by atoms with Crippen LogP contribution in [0.3, 0.4) is 0 Å². The van der Waals surface area contributed by atoms with Crippen molar-refractivity contribution in [3.05, 3.63) is 63.0 Å². The number of carbonyl (C=O) groups excluding carboxylic acids is 1. The van der Waals surface area contributed by atoms with Crippen LogP contribution in [0.1, 0.15) is 30.4 Å². The molecule has 1 saturated heterocycles. The van der Waals surface area contributed by atoms with Gasteiger partial charge in [-0.15, -0.1) is 0 Å². The van der Waals surface area contributed by atoms with Gasteiger partial charge in [0.2, 0.25) is 5.91 Å². The first kappa shape index (κ1) is 21.2. The predicted octanol–water partition coefficient (Wildman–Crippen LogP) is 4.93. The Morgan fingerprint density at radius 2 is 1.97 bits per heavy atom. The maximum atomic E-state index is 12.7. The monoisotopic (exact) mass is 440 g/mol. The molecule has 4 rings (SSSR count). The molecule has 2 heterocycles. The number of rotatable bonds is 6. The summed E-state index contributed by atoms with van der Waals surface area (Å²) in [6.45, 7) is 3.81. The number of aryl methyl sites for hydroxylation is 1. The van der Waals surface area contributed by atoms with Gasteiger partial charge in [-0.3, -0.25) is 4.79 Å². The van der Waals surface area contributed by atoms with Crippen molar-refractivity contribution in [3.63, 3.8) is 0 Å². The van der Waals surface area contributed by atoms with E-state index in [0.717, 1.165) is 42.6 Å². The Hall–Kier alpha value is -2.99.